The van der Waals surface area contributed by atoms with E-state index < -0.39 is 21.8 Å². The zero-order valence-electron chi connectivity index (χ0n) is 17.2. The zero-order chi connectivity index (χ0) is 23.9. The van der Waals surface area contributed by atoms with Crippen LogP contribution in [0.5, 0.6) is 0 Å². The van der Waals surface area contributed by atoms with Crippen LogP contribution < -0.4 is 27.3 Å². The Balaban J connectivity index is 1.60. The van der Waals surface area contributed by atoms with Crippen molar-refractivity contribution in [1.29, 1.82) is 0 Å². The molecular weight excluding hydrogens is 577 g/mol. The van der Waals surface area contributed by atoms with Gasteiger partial charge in [0.1, 0.15) is 0 Å². The first-order valence-electron chi connectivity index (χ1n) is 9.92. The Kier molecular flexibility index (Phi) is 5.73. The molecule has 0 aliphatic heterocycles. The number of hydrogen-bond donors (Lipinski definition) is 1. The van der Waals surface area contributed by atoms with Gasteiger partial charge in [0.05, 0.1) is 16.1 Å². The molecule has 0 saturated carbocycles. The van der Waals surface area contributed by atoms with E-state index in [1.165, 1.54) is 36.4 Å². The van der Waals surface area contributed by atoms with E-state index in [0.717, 1.165) is 4.52 Å². The van der Waals surface area contributed by atoms with Gasteiger partial charge in [-0.25, -0.2) is 13.1 Å². The van der Waals surface area contributed by atoms with Crippen molar-refractivity contribution in [2.24, 2.45) is 0 Å². The van der Waals surface area contributed by atoms with Gasteiger partial charge in [0.25, 0.3) is 0 Å². The van der Waals surface area contributed by atoms with Crippen molar-refractivity contribution in [2.75, 3.05) is 4.55 Å². The van der Waals surface area contributed by atoms with Crippen LogP contribution in [-0.2, 0) is 15.9 Å². The van der Waals surface area contributed by atoms with Gasteiger partial charge >= 0.3 is 5.92 Å². The molecule has 0 aliphatic carbocycles. The van der Waals surface area contributed by atoms with Crippen LogP contribution in [0.1, 0.15) is 11.4 Å². The Bertz CT molecular complexity index is 1640. The smallest absolute Gasteiger partial charge is 0.333 e. The quantitative estimate of drug-likeness (QED) is 0.173. The average molecular weight is 592 g/mol. The number of alkyl halides is 3. The molecule has 0 atom stereocenters. The van der Waals surface area contributed by atoms with Crippen molar-refractivity contribution in [2.45, 2.75) is 10.8 Å². The molecule has 0 unspecified atom stereocenters. The summed E-state index contributed by atoms with van der Waals surface area (Å²) < 4.78 is 59.4. The minimum Gasteiger partial charge on any atom is -0.780 e. The van der Waals surface area contributed by atoms with Crippen molar-refractivity contribution in [1.82, 2.24) is 29.5 Å². The maximum absolute atomic E-state index is 15.5. The lowest BCUT2D eigenvalue weighted by Crippen LogP contribution is -3.36. The number of rotatable bonds is 6. The first-order valence-corrected chi connectivity index (χ1v) is 12.9. The van der Waals surface area contributed by atoms with E-state index in [9.17, 15) is 8.42 Å². The molecule has 1 N–H and O–H groups in total. The van der Waals surface area contributed by atoms with Crippen LogP contribution in [0.4, 0.5) is 8.78 Å². The van der Waals surface area contributed by atoms with Gasteiger partial charge in [-0.05, 0) is 42.5 Å². The Morgan fingerprint density at radius 2 is 1.85 bits per heavy atom. The second kappa shape index (κ2) is 8.60. The molecule has 34 heavy (non-hydrogen) atoms. The fraction of sp³-hybridized carbons (Fsp3) is 0.0909. The summed E-state index contributed by atoms with van der Waals surface area (Å²) in [7, 11) is -3.70. The number of sulfonamides is 1. The maximum atomic E-state index is 15.5. The molecule has 173 valence electrons. The fourth-order valence-corrected chi connectivity index (χ4v) is 5.60. The maximum Gasteiger partial charge on any atom is 0.333 e. The van der Waals surface area contributed by atoms with E-state index >= 15 is 8.78 Å². The van der Waals surface area contributed by atoms with Crippen molar-refractivity contribution in [3.8, 4) is 11.3 Å². The van der Waals surface area contributed by atoms with E-state index in [2.05, 4.69) is 25.0 Å². The molecule has 1 radical (unpaired) electrons. The Labute approximate surface area is 206 Å². The number of nitrogens with one attached hydrogen (secondary N) is 1. The fourth-order valence-electron chi connectivity index (χ4n) is 3.52. The second-order valence-corrected chi connectivity index (χ2v) is 9.84. The molecule has 0 saturated heterocycles. The number of benzene rings is 2. The minimum atomic E-state index is -3.70. The average Bonchev–Trinajstić information content (AvgIpc) is 3.28. The van der Waals surface area contributed by atoms with Crippen LogP contribution in [0.2, 0.25) is 0 Å². The Morgan fingerprint density at radius 1 is 1.00 bits per heavy atom. The third-order valence-corrected chi connectivity index (χ3v) is 7.49. The van der Waals surface area contributed by atoms with E-state index in [-0.39, 0.29) is 20.7 Å². The molecule has 0 amide bonds. The highest BCUT2D eigenvalue weighted by molar-refractivity contribution is 7.89. The van der Waals surface area contributed by atoms with Crippen LogP contribution in [0.25, 0.3) is 27.8 Å². The van der Waals surface area contributed by atoms with Crippen molar-refractivity contribution in [3.63, 3.8) is 0 Å². The molecule has 3 heterocycles. The second-order valence-electron chi connectivity index (χ2n) is 7.31. The van der Waals surface area contributed by atoms with Crippen molar-refractivity contribution >= 4 is 26.6 Å². The summed E-state index contributed by atoms with van der Waals surface area (Å²) in [6.07, 6.45) is 1.59. The number of hydrogen-bond acceptors (Lipinski definition) is 6. The highest BCUT2D eigenvalue weighted by Crippen LogP contribution is 2.36. The van der Waals surface area contributed by atoms with Crippen LogP contribution in [0.15, 0.2) is 77.8 Å². The van der Waals surface area contributed by atoms with Gasteiger partial charge in [-0.15, -0.1) is 14.7 Å². The van der Waals surface area contributed by atoms with Gasteiger partial charge in [0.15, 0.2) is 5.65 Å². The van der Waals surface area contributed by atoms with Crippen LogP contribution in [0.3, 0.4) is 0 Å². The molecule has 5 aromatic rings. The first-order chi connectivity index (χ1) is 16.3. The van der Waals surface area contributed by atoms with Gasteiger partial charge < -0.3 is 22.6 Å². The zero-order valence-corrected chi connectivity index (χ0v) is 20.2. The summed E-state index contributed by atoms with van der Waals surface area (Å²) in [5.74, 6) is -4.15. The molecule has 0 aliphatic rings. The normalized spacial score (nSPS) is 12.4. The third-order valence-electron chi connectivity index (χ3n) is 5.19. The summed E-state index contributed by atoms with van der Waals surface area (Å²) in [4.78, 5) is 4.20. The third kappa shape index (κ3) is 4.01. The van der Waals surface area contributed by atoms with Crippen LogP contribution >= 0.6 is 0 Å². The molecule has 5 rings (SSSR count). The number of nitrogens with zero attached hydrogens (tertiary/aromatic N) is 5. The summed E-state index contributed by atoms with van der Waals surface area (Å²) >= 11 is 1.89. The lowest BCUT2D eigenvalue weighted by molar-refractivity contribution is -0.370. The van der Waals surface area contributed by atoms with E-state index in [0.29, 0.717) is 22.2 Å². The Morgan fingerprint density at radius 3 is 2.68 bits per heavy atom. The van der Waals surface area contributed by atoms with Gasteiger partial charge in [-0.2, -0.15) is 18.4 Å². The number of aromatic nitrogens is 5. The van der Waals surface area contributed by atoms with Crippen molar-refractivity contribution in [3.05, 3.63) is 84.3 Å². The topological polar surface area (TPSA) is 102 Å². The SMILES string of the molecule is O=S(=O)(NC[I-])c1cccc(-c2ccc3nnc(C(F)(F)c4ccc5ncccc5c4)n3n2)c1. The van der Waals surface area contributed by atoms with E-state index in [4.69, 9.17) is 0 Å². The number of halogens is 3. The Hall–Kier alpha value is -3.10. The summed E-state index contributed by atoms with van der Waals surface area (Å²) in [6, 6.07) is 16.7. The van der Waals surface area contributed by atoms with E-state index in [1.807, 2.05) is 22.6 Å². The van der Waals surface area contributed by atoms with Gasteiger partial charge in [-0.1, -0.05) is 24.3 Å². The van der Waals surface area contributed by atoms with Gasteiger partial charge in [-0.3, -0.25) is 4.98 Å². The molecule has 8 nitrogen and oxygen atoms in total. The summed E-state index contributed by atoms with van der Waals surface area (Å²) in [6.45, 7) is 0. The number of fused-ring (bicyclic) bond motifs is 2. The predicted molar refractivity (Wildman–Crippen MR) is 116 cm³/mol. The summed E-state index contributed by atoms with van der Waals surface area (Å²) in [5.41, 5.74) is 1.20. The number of pyridine rings is 1. The molecule has 0 bridgehead atoms. The molecule has 0 spiro atoms. The first kappa shape index (κ1) is 22.7. The molecular formula is C22H15F2IN6O2S-. The molecule has 3 aromatic heterocycles. The molecule has 12 heteroatoms. The minimum absolute atomic E-state index is 0.0441. The lowest BCUT2D eigenvalue weighted by atomic mass is 10.0. The monoisotopic (exact) mass is 592 g/mol. The van der Waals surface area contributed by atoms with E-state index in [1.54, 1.807) is 36.5 Å². The van der Waals surface area contributed by atoms with Crippen molar-refractivity contribution < 1.29 is 39.8 Å². The standard InChI is InChI=1S/C22H15F2IN6O2S/c23-22(24,16-6-7-18-14(11-16)4-2-10-26-18)21-29-28-20-9-8-19(30-31(20)21)15-3-1-5-17(12-15)34(32,33)27-13-25/h1-12,27H,13H2/q-1. The molecule has 2 aromatic carbocycles. The van der Waals surface area contributed by atoms with Crippen LogP contribution in [0, 0.1) is 0 Å². The van der Waals surface area contributed by atoms with Crippen LogP contribution in [-0.4, -0.2) is 37.8 Å². The largest absolute Gasteiger partial charge is 0.780 e. The van der Waals surface area contributed by atoms with Gasteiger partial charge in [0, 0.05) is 22.7 Å². The highest BCUT2D eigenvalue weighted by atomic mass is 127. The lowest BCUT2D eigenvalue weighted by Gasteiger charge is -2.15. The predicted octanol–water partition coefficient (Wildman–Crippen LogP) is 0.269. The van der Waals surface area contributed by atoms with Gasteiger partial charge in [0.2, 0.25) is 15.8 Å². The molecule has 0 fully saturated rings. The highest BCUT2D eigenvalue weighted by Gasteiger charge is 2.40. The summed E-state index contributed by atoms with van der Waals surface area (Å²) in [5, 5.41) is 12.4.